The largest absolute Gasteiger partial charge is 4.00 e. The summed E-state index contributed by atoms with van der Waals surface area (Å²) in [5.41, 5.74) is 0. The van der Waals surface area contributed by atoms with Crippen molar-refractivity contribution < 1.29 is 34.1 Å². The van der Waals surface area contributed by atoms with E-state index in [4.69, 9.17) is 0 Å². The van der Waals surface area contributed by atoms with Crippen LogP contribution in [-0.2, 0) is 88.1 Å². The second-order valence-corrected chi connectivity index (χ2v) is 0. The second-order valence-electron chi connectivity index (χ2n) is 0. The minimum Gasteiger partial charge on any atom is -2.00 e. The van der Waals surface area contributed by atoms with Crippen molar-refractivity contribution in [2.24, 2.45) is 0 Å². The van der Waals surface area contributed by atoms with Crippen LogP contribution in [0.15, 0.2) is 0 Å². The topological polar surface area (TPSA) is 0 Å². The molecule has 0 atom stereocenters. The first kappa shape index (κ1) is 90.6. The smallest absolute Gasteiger partial charge is 2.00 e. The monoisotopic (exact) mass is 320 g/mol. The van der Waals surface area contributed by atoms with E-state index in [9.17, 15) is 0 Å². The van der Waals surface area contributed by atoms with Gasteiger partial charge in [-0.05, 0) is 0 Å². The van der Waals surface area contributed by atoms with E-state index in [1.807, 2.05) is 0 Å². The van der Waals surface area contributed by atoms with E-state index in [1.54, 1.807) is 0 Å². The summed E-state index contributed by atoms with van der Waals surface area (Å²) in [4.78, 5) is 0. The van der Waals surface area contributed by atoms with E-state index in [2.05, 4.69) is 0 Å². The molecule has 0 aromatic rings. The third-order valence-electron chi connectivity index (χ3n) is 0. The fourth-order valence-electron chi connectivity index (χ4n) is 0. The molecule has 0 aliphatic carbocycles. The fraction of sp³-hybridized carbons (Fsp3) is 0. The molecule has 0 nitrogen and oxygen atoms in total. The van der Waals surface area contributed by atoms with Crippen LogP contribution >= 0.6 is 0 Å². The number of hydrogen-bond donors (Lipinski definition) is 0. The van der Waals surface area contributed by atoms with E-state index in [0.717, 1.165) is 0 Å². The second kappa shape index (κ2) is 64.4. The van der Waals surface area contributed by atoms with Gasteiger partial charge in [0.25, 0.3) is 0 Å². The molecule has 0 unspecified atom stereocenters. The first-order valence-corrected chi connectivity index (χ1v) is 0. The van der Waals surface area contributed by atoms with Crippen molar-refractivity contribution in [3.63, 3.8) is 0 Å². The predicted molar refractivity (Wildman–Crippen MR) is 35.2 cm³/mol. The first-order chi connectivity index (χ1) is 0. The fourth-order valence-corrected chi connectivity index (χ4v) is 0. The van der Waals surface area contributed by atoms with E-state index < -0.39 is 0 Å². The molecule has 0 spiro atoms. The molecular formula is CuGeMnS4. The SMILES string of the molecule is [Cu+2].[Ge+4].[Mn+2].[S-2].[S-2].[S-2].[S-2]. The van der Waals surface area contributed by atoms with Gasteiger partial charge in [-0.1, -0.05) is 0 Å². The van der Waals surface area contributed by atoms with Gasteiger partial charge in [0.1, 0.15) is 0 Å². The van der Waals surface area contributed by atoms with Gasteiger partial charge in [-0.25, -0.2) is 0 Å². The molecule has 0 saturated carbocycles. The molecule has 7 heteroatoms. The molecule has 0 N–H and O–H groups in total. The Balaban J connectivity index is 0. The molecule has 0 saturated heterocycles. The van der Waals surface area contributed by atoms with Crippen LogP contribution in [0.4, 0.5) is 0 Å². The Labute approximate surface area is 104 Å². The number of hydrogen-bond acceptors (Lipinski definition) is 0. The Bertz CT molecular complexity index is 11.7. The van der Waals surface area contributed by atoms with Crippen LogP contribution in [0.5, 0.6) is 0 Å². The standard InChI is InChI=1S/Cu.Ge.Mn.4S/q+2;+4;+2;4*-2. The first-order valence-electron chi connectivity index (χ1n) is 0. The molecule has 0 amide bonds. The van der Waals surface area contributed by atoms with Crippen LogP contribution in [0.1, 0.15) is 0 Å². The summed E-state index contributed by atoms with van der Waals surface area (Å²) in [6, 6.07) is 0. The van der Waals surface area contributed by atoms with Crippen molar-refractivity contribution in [2.45, 2.75) is 0 Å². The van der Waals surface area contributed by atoms with Gasteiger partial charge >= 0.3 is 51.7 Å². The zero-order chi connectivity index (χ0) is 0. The van der Waals surface area contributed by atoms with Gasteiger partial charge in [0, 0.05) is 0 Å². The minimum absolute atomic E-state index is 0. The summed E-state index contributed by atoms with van der Waals surface area (Å²) in [6.07, 6.45) is 0. The van der Waals surface area contributed by atoms with Crippen LogP contribution < -0.4 is 0 Å². The van der Waals surface area contributed by atoms with Gasteiger partial charge < -0.3 is 54.0 Å². The molecule has 0 rings (SSSR count). The van der Waals surface area contributed by atoms with Gasteiger partial charge in [0.05, 0.1) is 0 Å². The number of rotatable bonds is 0. The van der Waals surface area contributed by atoms with E-state index in [1.165, 1.54) is 0 Å². The molecule has 0 aromatic heterocycles. The summed E-state index contributed by atoms with van der Waals surface area (Å²) in [6.45, 7) is 0. The molecule has 0 fully saturated rings. The summed E-state index contributed by atoms with van der Waals surface area (Å²) < 4.78 is 0. The van der Waals surface area contributed by atoms with Crippen molar-refractivity contribution >= 4 is 71.6 Å². The Morgan fingerprint density at radius 2 is 0.571 bits per heavy atom. The molecule has 46 valence electrons. The average molecular weight is 319 g/mol. The summed E-state index contributed by atoms with van der Waals surface area (Å²) in [5.74, 6) is 0. The zero-order valence-electron chi connectivity index (χ0n) is 2.81. The van der Waals surface area contributed by atoms with Crippen LogP contribution in [0.25, 0.3) is 0 Å². The minimum atomic E-state index is 0. The third kappa shape index (κ3) is 49.2. The summed E-state index contributed by atoms with van der Waals surface area (Å²) >= 11 is 0. The maximum atomic E-state index is 0. The maximum Gasteiger partial charge on any atom is 4.00 e. The average Bonchev–Trinajstić information content (AvgIpc) is 0. The van der Waals surface area contributed by atoms with Crippen LogP contribution in [0.3, 0.4) is 0 Å². The maximum absolute atomic E-state index is 0. The molecule has 2 radical (unpaired) electrons. The van der Waals surface area contributed by atoms with Crippen LogP contribution in [0.2, 0.25) is 0 Å². The summed E-state index contributed by atoms with van der Waals surface area (Å²) in [7, 11) is 0. The normalized spacial score (nSPS) is 0. The molecule has 0 bridgehead atoms. The third-order valence-corrected chi connectivity index (χ3v) is 0. The van der Waals surface area contributed by atoms with Crippen molar-refractivity contribution in [3.8, 4) is 0 Å². The van der Waals surface area contributed by atoms with Crippen LogP contribution in [-0.4, -0.2) is 17.6 Å². The Morgan fingerprint density at radius 1 is 0.571 bits per heavy atom. The molecule has 0 aromatic carbocycles. The van der Waals surface area contributed by atoms with Gasteiger partial charge in [0.15, 0.2) is 0 Å². The van der Waals surface area contributed by atoms with Crippen molar-refractivity contribution in [3.05, 3.63) is 0 Å². The molecule has 0 aliphatic heterocycles. The van der Waals surface area contributed by atoms with Gasteiger partial charge in [-0.15, -0.1) is 0 Å². The Hall–Kier alpha value is 2.98. The van der Waals surface area contributed by atoms with Gasteiger partial charge in [-0.3, -0.25) is 0 Å². The van der Waals surface area contributed by atoms with E-state index >= 15 is 0 Å². The van der Waals surface area contributed by atoms with Gasteiger partial charge in [-0.2, -0.15) is 0 Å². The van der Waals surface area contributed by atoms with Gasteiger partial charge in [0.2, 0.25) is 0 Å². The predicted octanol–water partition coefficient (Wildman–Crippen LogP) is -0.395. The Kier molecular flexibility index (Phi) is 833. The van der Waals surface area contributed by atoms with Crippen molar-refractivity contribution in [2.75, 3.05) is 0 Å². The molecule has 7 heavy (non-hydrogen) atoms. The zero-order valence-corrected chi connectivity index (χ0v) is 10.3. The summed E-state index contributed by atoms with van der Waals surface area (Å²) in [5, 5.41) is 0. The molecular weight excluding hydrogens is 319 g/mol. The quantitative estimate of drug-likeness (QED) is 0.533. The molecule has 0 aliphatic rings. The molecule has 0 heterocycles. The Morgan fingerprint density at radius 3 is 0.571 bits per heavy atom. The van der Waals surface area contributed by atoms with Crippen molar-refractivity contribution in [1.82, 2.24) is 0 Å². The van der Waals surface area contributed by atoms with Crippen molar-refractivity contribution in [1.29, 1.82) is 0 Å². The van der Waals surface area contributed by atoms with E-state index in [0.29, 0.717) is 0 Å². The van der Waals surface area contributed by atoms with E-state index in [-0.39, 0.29) is 106 Å². The van der Waals surface area contributed by atoms with Crippen LogP contribution in [0, 0.1) is 0 Å².